The van der Waals surface area contributed by atoms with Gasteiger partial charge in [0.25, 0.3) is 5.56 Å². The lowest BCUT2D eigenvalue weighted by molar-refractivity contribution is -0.143. The van der Waals surface area contributed by atoms with Crippen LogP contribution in [0.1, 0.15) is 35.7 Å². The summed E-state index contributed by atoms with van der Waals surface area (Å²) in [5.41, 5.74) is -7.48. The first-order chi connectivity index (χ1) is 14.0. The molecule has 170 valence electrons. The highest BCUT2D eigenvalue weighted by atomic mass is 79.9. The van der Waals surface area contributed by atoms with Gasteiger partial charge in [-0.15, -0.1) is 0 Å². The van der Waals surface area contributed by atoms with Gasteiger partial charge in [0.2, 0.25) is 5.95 Å². The fraction of sp³-hybridized carbons (Fsp3) is 0.375. The lowest BCUT2D eigenvalue weighted by Gasteiger charge is -2.20. The molecule has 0 spiro atoms. The quantitative estimate of drug-likeness (QED) is 0.433. The summed E-state index contributed by atoms with van der Waals surface area (Å²) < 4.78 is 118. The number of nitrogens with one attached hydrogen (secondary N) is 1. The van der Waals surface area contributed by atoms with Gasteiger partial charge in [0, 0.05) is 6.04 Å². The van der Waals surface area contributed by atoms with Gasteiger partial charge < -0.3 is 5.32 Å². The molecule has 3 rings (SSSR count). The third-order valence-electron chi connectivity index (χ3n) is 4.19. The monoisotopic (exact) mass is 543 g/mol. The Bertz CT molecular complexity index is 1090. The first-order valence-electron chi connectivity index (χ1n) is 8.16. The minimum absolute atomic E-state index is 0.153. The van der Waals surface area contributed by atoms with Crippen LogP contribution in [0.5, 0.6) is 0 Å². The molecule has 1 N–H and O–H groups in total. The number of nitrogens with zero attached hydrogens (tertiary/aromatic N) is 2. The summed E-state index contributed by atoms with van der Waals surface area (Å²) in [6.07, 6.45) is -15.0. The molecule has 0 bridgehead atoms. The van der Waals surface area contributed by atoms with Crippen LogP contribution in [0.3, 0.4) is 0 Å². The Kier molecular flexibility index (Phi) is 5.79. The van der Waals surface area contributed by atoms with Crippen LogP contribution in [0.15, 0.2) is 21.4 Å². The molecule has 0 atom stereocenters. The summed E-state index contributed by atoms with van der Waals surface area (Å²) in [4.78, 5) is 15.5. The lowest BCUT2D eigenvalue weighted by atomic mass is 10.1. The minimum atomic E-state index is -5.22. The first-order valence-corrected chi connectivity index (χ1v) is 9.33. The van der Waals surface area contributed by atoms with Gasteiger partial charge in [-0.25, -0.2) is 4.98 Å². The van der Waals surface area contributed by atoms with Crippen molar-refractivity contribution in [2.24, 2.45) is 0 Å². The second kappa shape index (κ2) is 7.57. The Labute approximate surface area is 180 Å². The van der Waals surface area contributed by atoms with Gasteiger partial charge in [-0.05, 0) is 40.9 Å². The second-order valence-electron chi connectivity index (χ2n) is 6.51. The number of hydrogen-bond acceptors (Lipinski definition) is 3. The molecule has 1 aliphatic rings. The summed E-state index contributed by atoms with van der Waals surface area (Å²) in [6.45, 7) is 0. The van der Waals surface area contributed by atoms with E-state index in [0.29, 0.717) is 17.4 Å². The van der Waals surface area contributed by atoms with Gasteiger partial charge in [0.05, 0.1) is 21.3 Å². The molecule has 4 nitrogen and oxygen atoms in total. The number of anilines is 2. The van der Waals surface area contributed by atoms with Crippen molar-refractivity contribution in [3.63, 3.8) is 0 Å². The zero-order valence-electron chi connectivity index (χ0n) is 14.6. The van der Waals surface area contributed by atoms with Crippen molar-refractivity contribution in [2.45, 2.75) is 37.4 Å². The number of aromatic nitrogens is 2. The molecular formula is C16H8BrClF9N3O. The Morgan fingerprint density at radius 2 is 1.58 bits per heavy atom. The largest absolute Gasteiger partial charge is 0.435 e. The highest BCUT2D eigenvalue weighted by molar-refractivity contribution is 9.10. The SMILES string of the molecule is O=c1c(Cl)c(C(F)(F)F)nc(Nc2cc(C(F)(F)F)cc(C(F)(F)F)c2Br)n1C1CC1. The van der Waals surface area contributed by atoms with Gasteiger partial charge in [-0.3, -0.25) is 9.36 Å². The van der Waals surface area contributed by atoms with E-state index in [1.54, 1.807) is 0 Å². The van der Waals surface area contributed by atoms with Crippen LogP contribution in [0.2, 0.25) is 5.02 Å². The normalized spacial score (nSPS) is 15.3. The second-order valence-corrected chi connectivity index (χ2v) is 7.68. The van der Waals surface area contributed by atoms with Crippen molar-refractivity contribution in [1.29, 1.82) is 0 Å². The van der Waals surface area contributed by atoms with E-state index in [4.69, 9.17) is 11.6 Å². The van der Waals surface area contributed by atoms with Crippen LogP contribution < -0.4 is 10.9 Å². The van der Waals surface area contributed by atoms with Crippen LogP contribution in [0, 0.1) is 0 Å². The molecule has 0 aliphatic heterocycles. The van der Waals surface area contributed by atoms with Crippen molar-refractivity contribution in [1.82, 2.24) is 9.55 Å². The van der Waals surface area contributed by atoms with Gasteiger partial charge in [0.15, 0.2) is 5.69 Å². The summed E-state index contributed by atoms with van der Waals surface area (Å²) in [7, 11) is 0. The average molecular weight is 545 g/mol. The number of benzene rings is 1. The minimum Gasteiger partial charge on any atom is -0.324 e. The number of halogens is 11. The fourth-order valence-corrected chi connectivity index (χ4v) is 3.46. The molecule has 1 aliphatic carbocycles. The fourth-order valence-electron chi connectivity index (χ4n) is 2.67. The third-order valence-corrected chi connectivity index (χ3v) is 5.39. The molecule has 0 saturated heterocycles. The molecule has 0 radical (unpaired) electrons. The van der Waals surface area contributed by atoms with E-state index in [2.05, 4.69) is 20.9 Å². The van der Waals surface area contributed by atoms with E-state index < -0.39 is 68.1 Å². The summed E-state index contributed by atoms with van der Waals surface area (Å²) >= 11 is 8.01. The van der Waals surface area contributed by atoms with Crippen LogP contribution in [0.25, 0.3) is 0 Å². The van der Waals surface area contributed by atoms with Crippen molar-refractivity contribution >= 4 is 39.2 Å². The maximum absolute atomic E-state index is 13.2. The molecule has 31 heavy (non-hydrogen) atoms. The molecule has 0 unspecified atom stereocenters. The van der Waals surface area contributed by atoms with Crippen molar-refractivity contribution in [3.05, 3.63) is 48.8 Å². The molecule has 1 aromatic carbocycles. The van der Waals surface area contributed by atoms with Gasteiger partial charge in [-0.2, -0.15) is 39.5 Å². The molecular weight excluding hydrogens is 537 g/mol. The zero-order valence-corrected chi connectivity index (χ0v) is 16.9. The molecule has 1 saturated carbocycles. The van der Waals surface area contributed by atoms with Gasteiger partial charge >= 0.3 is 18.5 Å². The molecule has 0 amide bonds. The van der Waals surface area contributed by atoms with Gasteiger partial charge in [-0.1, -0.05) is 11.6 Å². The predicted molar refractivity (Wildman–Crippen MR) is 94.2 cm³/mol. The van der Waals surface area contributed by atoms with E-state index in [0.717, 1.165) is 0 Å². The van der Waals surface area contributed by atoms with Crippen LogP contribution in [-0.4, -0.2) is 9.55 Å². The van der Waals surface area contributed by atoms with Crippen LogP contribution >= 0.6 is 27.5 Å². The third kappa shape index (κ3) is 4.78. The van der Waals surface area contributed by atoms with Crippen molar-refractivity contribution in [2.75, 3.05) is 5.32 Å². The maximum Gasteiger partial charge on any atom is 0.435 e. The van der Waals surface area contributed by atoms with Crippen molar-refractivity contribution in [3.8, 4) is 0 Å². The Morgan fingerprint density at radius 1 is 1.00 bits per heavy atom. The smallest absolute Gasteiger partial charge is 0.324 e. The number of hydrogen-bond donors (Lipinski definition) is 1. The van der Waals surface area contributed by atoms with E-state index in [1.807, 2.05) is 5.32 Å². The van der Waals surface area contributed by atoms with Crippen molar-refractivity contribution < 1.29 is 39.5 Å². The number of rotatable bonds is 3. The molecule has 1 aromatic heterocycles. The highest BCUT2D eigenvalue weighted by Crippen LogP contribution is 2.45. The van der Waals surface area contributed by atoms with E-state index in [9.17, 15) is 44.3 Å². The Balaban J connectivity index is 2.25. The van der Waals surface area contributed by atoms with Crippen LogP contribution in [-0.2, 0) is 18.5 Å². The van der Waals surface area contributed by atoms with E-state index in [-0.39, 0.29) is 12.1 Å². The van der Waals surface area contributed by atoms with Crippen LogP contribution in [0.4, 0.5) is 51.1 Å². The predicted octanol–water partition coefficient (Wildman–Crippen LogP) is 6.79. The topological polar surface area (TPSA) is 46.9 Å². The summed E-state index contributed by atoms with van der Waals surface area (Å²) in [6, 6.07) is -0.557. The average Bonchev–Trinajstić information content (AvgIpc) is 3.41. The van der Waals surface area contributed by atoms with E-state index >= 15 is 0 Å². The molecule has 1 heterocycles. The summed E-state index contributed by atoms with van der Waals surface area (Å²) in [5.74, 6) is -0.891. The molecule has 15 heteroatoms. The number of alkyl halides is 9. The maximum atomic E-state index is 13.2. The zero-order chi connectivity index (χ0) is 23.5. The first kappa shape index (κ1) is 23.7. The highest BCUT2D eigenvalue weighted by Gasteiger charge is 2.41. The van der Waals surface area contributed by atoms with Gasteiger partial charge in [0.1, 0.15) is 5.02 Å². The summed E-state index contributed by atoms with van der Waals surface area (Å²) in [5, 5.41) is 0.754. The Hall–Kier alpha value is -1.96. The standard InChI is InChI=1S/C16H8BrClF9N3O/c17-9-7(15(22,23)24)3-5(14(19,20)21)4-8(9)28-13-29-11(16(25,26)27)10(18)12(31)30(13)6-1-2-6/h3-4,6H,1-2H2,(H,28,29). The molecule has 2 aromatic rings. The molecule has 1 fully saturated rings. The Morgan fingerprint density at radius 3 is 2.03 bits per heavy atom. The lowest BCUT2D eigenvalue weighted by Crippen LogP contribution is -2.28. The van der Waals surface area contributed by atoms with E-state index in [1.165, 1.54) is 0 Å².